The summed E-state index contributed by atoms with van der Waals surface area (Å²) in [6, 6.07) is 9.12. The molecule has 1 fully saturated rings. The molecule has 2 aromatic heterocycles. The van der Waals surface area contributed by atoms with Crippen LogP contribution in [-0.4, -0.2) is 69.0 Å². The minimum Gasteiger partial charge on any atom is -0.333 e. The molecule has 0 atom stereocenters. The van der Waals surface area contributed by atoms with Crippen LogP contribution < -0.4 is 0 Å². The normalized spacial score (nSPS) is 17.2. The molecule has 0 unspecified atom stereocenters. The molecular formula is C22H21ClN6O3S. The van der Waals surface area contributed by atoms with Crippen molar-refractivity contribution >= 4 is 27.7 Å². The van der Waals surface area contributed by atoms with Crippen molar-refractivity contribution in [2.45, 2.75) is 13.1 Å². The van der Waals surface area contributed by atoms with Crippen molar-refractivity contribution in [3.63, 3.8) is 0 Å². The minimum atomic E-state index is -3.64. The van der Waals surface area contributed by atoms with Crippen LogP contribution in [0.1, 0.15) is 21.7 Å². The number of fused-ring (bicyclic) bond motifs is 1. The Morgan fingerprint density at radius 3 is 2.21 bits per heavy atom. The maximum atomic E-state index is 13.1. The van der Waals surface area contributed by atoms with Crippen LogP contribution in [0.3, 0.4) is 0 Å². The molecule has 9 nitrogen and oxygen atoms in total. The van der Waals surface area contributed by atoms with Crippen LogP contribution in [0.25, 0.3) is 11.1 Å². The second-order valence-electron chi connectivity index (χ2n) is 7.91. The van der Waals surface area contributed by atoms with Gasteiger partial charge in [-0.15, -0.1) is 0 Å². The average Bonchev–Trinajstić information content (AvgIpc) is 3.28. The number of rotatable bonds is 4. The summed E-state index contributed by atoms with van der Waals surface area (Å²) in [4.78, 5) is 26.8. The van der Waals surface area contributed by atoms with Gasteiger partial charge in [-0.2, -0.15) is 17.0 Å². The third-order valence-electron chi connectivity index (χ3n) is 5.90. The van der Waals surface area contributed by atoms with E-state index in [1.165, 1.54) is 8.61 Å². The minimum absolute atomic E-state index is 0.0935. The van der Waals surface area contributed by atoms with E-state index in [1.807, 2.05) is 24.3 Å². The van der Waals surface area contributed by atoms with E-state index in [1.54, 1.807) is 35.8 Å². The Kier molecular flexibility index (Phi) is 5.83. The third kappa shape index (κ3) is 4.34. The zero-order valence-corrected chi connectivity index (χ0v) is 19.2. The van der Waals surface area contributed by atoms with Crippen LogP contribution >= 0.6 is 11.6 Å². The monoisotopic (exact) mass is 484 g/mol. The smallest absolute Gasteiger partial charge is 0.291 e. The Morgan fingerprint density at radius 1 is 0.848 bits per heavy atom. The Labute approximate surface area is 196 Å². The predicted molar refractivity (Wildman–Crippen MR) is 122 cm³/mol. The number of hydrogen-bond donors (Lipinski definition) is 0. The Morgan fingerprint density at radius 2 is 1.52 bits per heavy atom. The van der Waals surface area contributed by atoms with E-state index in [2.05, 4.69) is 15.0 Å². The van der Waals surface area contributed by atoms with Gasteiger partial charge >= 0.3 is 0 Å². The molecule has 2 aliphatic rings. The van der Waals surface area contributed by atoms with Crippen molar-refractivity contribution in [3.8, 4) is 11.1 Å². The second-order valence-corrected chi connectivity index (χ2v) is 10.3. The van der Waals surface area contributed by atoms with Crippen LogP contribution in [0.5, 0.6) is 0 Å². The number of pyridine rings is 1. The fourth-order valence-corrected chi connectivity index (χ4v) is 5.80. The lowest BCUT2D eigenvalue weighted by Gasteiger charge is -2.35. The quantitative estimate of drug-likeness (QED) is 0.563. The number of carbonyl (C=O) groups excluding carboxylic acids is 1. The van der Waals surface area contributed by atoms with Crippen LogP contribution in [0.4, 0.5) is 0 Å². The van der Waals surface area contributed by atoms with Gasteiger partial charge in [-0.3, -0.25) is 9.78 Å². The third-order valence-corrected chi connectivity index (χ3v) is 8.06. The maximum absolute atomic E-state index is 13.1. The van der Waals surface area contributed by atoms with E-state index in [9.17, 15) is 13.2 Å². The van der Waals surface area contributed by atoms with Crippen molar-refractivity contribution in [1.82, 2.24) is 28.5 Å². The van der Waals surface area contributed by atoms with Crippen molar-refractivity contribution in [3.05, 3.63) is 77.1 Å². The van der Waals surface area contributed by atoms with E-state index >= 15 is 0 Å². The molecule has 5 rings (SSSR count). The molecule has 3 aromatic rings. The van der Waals surface area contributed by atoms with Crippen LogP contribution in [-0.2, 0) is 23.3 Å². The topological polar surface area (TPSA) is 99.6 Å². The van der Waals surface area contributed by atoms with Gasteiger partial charge in [0, 0.05) is 74.6 Å². The molecule has 1 saturated heterocycles. The van der Waals surface area contributed by atoms with Crippen molar-refractivity contribution in [1.29, 1.82) is 0 Å². The fraction of sp³-hybridized carbons (Fsp3) is 0.273. The Hall–Kier alpha value is -2.92. The molecular weight excluding hydrogens is 464 g/mol. The van der Waals surface area contributed by atoms with Crippen molar-refractivity contribution in [2.75, 3.05) is 26.2 Å². The largest absolute Gasteiger partial charge is 0.333 e. The molecule has 4 heterocycles. The molecule has 1 aromatic carbocycles. The van der Waals surface area contributed by atoms with Gasteiger partial charge in [0.15, 0.2) is 0 Å². The predicted octanol–water partition coefficient (Wildman–Crippen LogP) is 2.21. The van der Waals surface area contributed by atoms with Crippen LogP contribution in [0.2, 0.25) is 5.02 Å². The van der Waals surface area contributed by atoms with Crippen molar-refractivity contribution < 1.29 is 13.2 Å². The lowest BCUT2D eigenvalue weighted by Crippen LogP contribution is -2.53. The van der Waals surface area contributed by atoms with Gasteiger partial charge in [0.05, 0.1) is 0 Å². The van der Waals surface area contributed by atoms with Gasteiger partial charge in [0.1, 0.15) is 0 Å². The zero-order valence-electron chi connectivity index (χ0n) is 17.6. The number of carbonyl (C=O) groups is 1. The van der Waals surface area contributed by atoms with Gasteiger partial charge in [-0.05, 0) is 41.0 Å². The highest BCUT2D eigenvalue weighted by Gasteiger charge is 2.36. The highest BCUT2D eigenvalue weighted by Crippen LogP contribution is 2.29. The van der Waals surface area contributed by atoms with Crippen LogP contribution in [0.15, 0.2) is 55.1 Å². The molecule has 0 aliphatic carbocycles. The molecule has 170 valence electrons. The number of halogens is 1. The first kappa shape index (κ1) is 21.9. The van der Waals surface area contributed by atoms with Gasteiger partial charge in [-0.25, -0.2) is 9.97 Å². The molecule has 0 saturated carbocycles. The first-order valence-corrected chi connectivity index (χ1v) is 12.2. The number of aromatic nitrogens is 3. The van der Waals surface area contributed by atoms with E-state index in [0.29, 0.717) is 18.1 Å². The first-order chi connectivity index (χ1) is 15.9. The lowest BCUT2D eigenvalue weighted by molar-refractivity contribution is 0.0681. The molecule has 0 radical (unpaired) electrons. The summed E-state index contributed by atoms with van der Waals surface area (Å²) in [5.41, 5.74) is 3.59. The molecule has 11 heteroatoms. The Bertz CT molecular complexity index is 1280. The number of piperazine rings is 1. The highest BCUT2D eigenvalue weighted by atomic mass is 35.5. The van der Waals surface area contributed by atoms with Gasteiger partial charge in [0.25, 0.3) is 16.1 Å². The molecule has 2 aliphatic heterocycles. The summed E-state index contributed by atoms with van der Waals surface area (Å²) >= 11 is 6.04. The van der Waals surface area contributed by atoms with E-state index in [0.717, 1.165) is 22.3 Å². The molecule has 33 heavy (non-hydrogen) atoms. The van der Waals surface area contributed by atoms with E-state index < -0.39 is 10.2 Å². The Balaban J connectivity index is 1.21. The standard InChI is InChI=1S/C22H21ClN6O3S/c23-20-2-1-17-14-29(15-18(17)11-20)33(31,32)28-9-7-27(8-10-28)22(30)21-25-12-19(13-26-21)16-3-5-24-6-4-16/h1-6,11-13H,7-10,14-15H2. The number of nitrogens with zero attached hydrogens (tertiary/aromatic N) is 6. The molecule has 0 spiro atoms. The van der Waals surface area contributed by atoms with Gasteiger partial charge < -0.3 is 4.90 Å². The van der Waals surface area contributed by atoms with Crippen LogP contribution in [0, 0.1) is 0 Å². The summed E-state index contributed by atoms with van der Waals surface area (Å²) in [5, 5.41) is 0.594. The van der Waals surface area contributed by atoms with E-state index in [-0.39, 0.29) is 37.9 Å². The molecule has 1 amide bonds. The first-order valence-electron chi connectivity index (χ1n) is 10.5. The van der Waals surface area contributed by atoms with E-state index in [4.69, 9.17) is 11.6 Å². The van der Waals surface area contributed by atoms with Gasteiger partial charge in [0.2, 0.25) is 5.82 Å². The summed E-state index contributed by atoms with van der Waals surface area (Å²) in [7, 11) is -3.64. The number of hydrogen-bond acceptors (Lipinski definition) is 6. The maximum Gasteiger partial charge on any atom is 0.291 e. The fourth-order valence-electron chi connectivity index (χ4n) is 4.05. The SMILES string of the molecule is O=C(c1ncc(-c2ccncc2)cn1)N1CCN(S(=O)(=O)N2Cc3ccc(Cl)cc3C2)CC1. The van der Waals surface area contributed by atoms with Gasteiger partial charge in [-0.1, -0.05) is 17.7 Å². The summed E-state index contributed by atoms with van der Waals surface area (Å²) in [5.74, 6) is -0.215. The summed E-state index contributed by atoms with van der Waals surface area (Å²) in [6.45, 7) is 1.62. The highest BCUT2D eigenvalue weighted by molar-refractivity contribution is 7.86. The van der Waals surface area contributed by atoms with Crippen molar-refractivity contribution in [2.24, 2.45) is 0 Å². The second kappa shape index (κ2) is 8.79. The zero-order chi connectivity index (χ0) is 23.0. The summed E-state index contributed by atoms with van der Waals surface area (Å²) in [6.07, 6.45) is 6.57. The molecule has 0 bridgehead atoms. The summed E-state index contributed by atoms with van der Waals surface area (Å²) < 4.78 is 29.2. The number of amides is 1. The lowest BCUT2D eigenvalue weighted by atomic mass is 10.1. The average molecular weight is 485 g/mol. The number of benzene rings is 1. The molecule has 0 N–H and O–H groups in total.